The highest BCUT2D eigenvalue weighted by Crippen LogP contribution is 2.24. The first-order chi connectivity index (χ1) is 17.1. The van der Waals surface area contributed by atoms with Crippen molar-refractivity contribution in [1.82, 2.24) is 4.98 Å². The van der Waals surface area contributed by atoms with Gasteiger partial charge >= 0.3 is 0 Å². The molecule has 1 heterocycles. The quantitative estimate of drug-likeness (QED) is 0.221. The van der Waals surface area contributed by atoms with Gasteiger partial charge in [0, 0.05) is 24.3 Å². The largest absolute Gasteiger partial charge is 0.383 e. The fourth-order valence-corrected chi connectivity index (χ4v) is 3.64. The summed E-state index contributed by atoms with van der Waals surface area (Å²) in [6.45, 7) is 8.32. The number of aryl methyl sites for hydroxylation is 1. The van der Waals surface area contributed by atoms with Crippen LogP contribution in [0.1, 0.15) is 15.9 Å². The third-order valence-corrected chi connectivity index (χ3v) is 5.52. The van der Waals surface area contributed by atoms with Crippen LogP contribution in [0.25, 0.3) is 0 Å². The molecule has 1 aromatic heterocycles. The zero-order valence-corrected chi connectivity index (χ0v) is 21.6. The lowest BCUT2D eigenvalue weighted by atomic mass is 10.1. The van der Waals surface area contributed by atoms with E-state index in [4.69, 9.17) is 41.0 Å². The standard InChI is InChI=1S/C23H35ClN4O6S/c1-18-16-19(2-3-20(18)22(29)28-23-27-17-21(24)35-23)26-5-7-31-9-11-33-13-15-34-14-12-32-10-8-30-6-4-25/h2-3,16-17,26H,4-15,25H2,1H3,(H,27,28,29). The van der Waals surface area contributed by atoms with Crippen molar-refractivity contribution in [3.05, 3.63) is 39.9 Å². The average Bonchev–Trinajstić information content (AvgIpc) is 3.25. The molecule has 35 heavy (non-hydrogen) atoms. The van der Waals surface area contributed by atoms with Crippen molar-refractivity contribution in [2.24, 2.45) is 5.73 Å². The molecule has 0 unspecified atom stereocenters. The Balaban J connectivity index is 1.44. The number of carbonyl (C=O) groups excluding carboxylic acids is 1. The van der Waals surface area contributed by atoms with Crippen LogP contribution in [0.3, 0.4) is 0 Å². The highest BCUT2D eigenvalue weighted by Gasteiger charge is 2.11. The Bertz CT molecular complexity index is 857. The molecule has 2 aromatic rings. The Morgan fingerprint density at radius 3 is 2.03 bits per heavy atom. The smallest absolute Gasteiger partial charge is 0.257 e. The number of halogens is 1. The summed E-state index contributed by atoms with van der Waals surface area (Å²) in [7, 11) is 0. The van der Waals surface area contributed by atoms with Crippen LogP contribution in [-0.4, -0.2) is 90.0 Å². The molecule has 10 nitrogen and oxygen atoms in total. The molecule has 196 valence electrons. The number of rotatable bonds is 20. The van der Waals surface area contributed by atoms with E-state index in [0.717, 1.165) is 11.3 Å². The van der Waals surface area contributed by atoms with E-state index in [2.05, 4.69) is 15.6 Å². The van der Waals surface area contributed by atoms with Gasteiger partial charge in [-0.1, -0.05) is 22.9 Å². The predicted octanol–water partition coefficient (Wildman–Crippen LogP) is 2.81. The molecule has 0 fully saturated rings. The monoisotopic (exact) mass is 530 g/mol. The molecule has 12 heteroatoms. The third kappa shape index (κ3) is 13.2. The van der Waals surface area contributed by atoms with Gasteiger partial charge in [-0.05, 0) is 30.7 Å². The average molecular weight is 531 g/mol. The van der Waals surface area contributed by atoms with Crippen LogP contribution in [0.4, 0.5) is 10.8 Å². The summed E-state index contributed by atoms with van der Waals surface area (Å²) >= 11 is 7.07. The van der Waals surface area contributed by atoms with Crippen molar-refractivity contribution in [2.75, 3.05) is 89.8 Å². The summed E-state index contributed by atoms with van der Waals surface area (Å²) in [6.07, 6.45) is 1.51. The van der Waals surface area contributed by atoms with E-state index in [0.29, 0.717) is 94.2 Å². The Labute approximate surface area is 215 Å². The molecule has 0 saturated heterocycles. The van der Waals surface area contributed by atoms with Crippen molar-refractivity contribution in [1.29, 1.82) is 0 Å². The maximum Gasteiger partial charge on any atom is 0.257 e. The minimum absolute atomic E-state index is 0.216. The number of benzene rings is 1. The van der Waals surface area contributed by atoms with E-state index < -0.39 is 0 Å². The first-order valence-corrected chi connectivity index (χ1v) is 12.7. The van der Waals surface area contributed by atoms with Gasteiger partial charge in [-0.2, -0.15) is 0 Å². The molecule has 0 atom stereocenters. The maximum absolute atomic E-state index is 12.4. The molecular formula is C23H35ClN4O6S. The van der Waals surface area contributed by atoms with Crippen LogP contribution < -0.4 is 16.4 Å². The number of nitrogens with two attached hydrogens (primary N) is 1. The first kappa shape index (κ1) is 29.4. The number of thiazole rings is 1. The van der Waals surface area contributed by atoms with Crippen molar-refractivity contribution in [3.8, 4) is 0 Å². The highest BCUT2D eigenvalue weighted by molar-refractivity contribution is 7.19. The van der Waals surface area contributed by atoms with Crippen molar-refractivity contribution in [2.45, 2.75) is 6.92 Å². The van der Waals surface area contributed by atoms with E-state index >= 15 is 0 Å². The molecule has 0 aliphatic heterocycles. The van der Waals surface area contributed by atoms with Gasteiger partial charge in [-0.3, -0.25) is 10.1 Å². The zero-order valence-electron chi connectivity index (χ0n) is 20.1. The van der Waals surface area contributed by atoms with Gasteiger partial charge in [0.15, 0.2) is 5.13 Å². The van der Waals surface area contributed by atoms with E-state index in [1.165, 1.54) is 17.5 Å². The molecule has 0 spiro atoms. The van der Waals surface area contributed by atoms with Gasteiger partial charge in [-0.25, -0.2) is 4.98 Å². The van der Waals surface area contributed by atoms with Gasteiger partial charge in [-0.15, -0.1) is 0 Å². The van der Waals surface area contributed by atoms with Crippen LogP contribution in [-0.2, 0) is 23.7 Å². The van der Waals surface area contributed by atoms with Crippen LogP contribution in [0.15, 0.2) is 24.4 Å². The molecule has 4 N–H and O–H groups in total. The molecule has 0 bridgehead atoms. The van der Waals surface area contributed by atoms with Gasteiger partial charge in [0.2, 0.25) is 0 Å². The summed E-state index contributed by atoms with van der Waals surface area (Å²) in [4.78, 5) is 16.5. The van der Waals surface area contributed by atoms with E-state index in [-0.39, 0.29) is 5.91 Å². The SMILES string of the molecule is Cc1cc(NCCOCCOCCOCCOCCOCCN)ccc1C(=O)Nc1ncc(Cl)s1. The van der Waals surface area contributed by atoms with Crippen LogP contribution in [0.5, 0.6) is 0 Å². The Morgan fingerprint density at radius 2 is 1.51 bits per heavy atom. The van der Waals surface area contributed by atoms with E-state index in [1.54, 1.807) is 6.07 Å². The van der Waals surface area contributed by atoms with Gasteiger partial charge in [0.25, 0.3) is 5.91 Å². The molecule has 2 rings (SSSR count). The lowest BCUT2D eigenvalue weighted by molar-refractivity contribution is -0.00985. The summed E-state index contributed by atoms with van der Waals surface area (Å²) in [5.41, 5.74) is 7.68. The lowest BCUT2D eigenvalue weighted by Crippen LogP contribution is -2.16. The molecule has 0 radical (unpaired) electrons. The Morgan fingerprint density at radius 1 is 0.943 bits per heavy atom. The number of ether oxygens (including phenoxy) is 5. The fraction of sp³-hybridized carbons (Fsp3) is 0.565. The minimum atomic E-state index is -0.216. The second kappa shape index (κ2) is 18.4. The van der Waals surface area contributed by atoms with Gasteiger partial charge in [0.05, 0.1) is 72.3 Å². The summed E-state index contributed by atoms with van der Waals surface area (Å²) in [6, 6.07) is 5.57. The van der Waals surface area contributed by atoms with Gasteiger partial charge < -0.3 is 34.7 Å². The lowest BCUT2D eigenvalue weighted by Gasteiger charge is -2.11. The van der Waals surface area contributed by atoms with Crippen LogP contribution in [0, 0.1) is 6.92 Å². The molecule has 0 saturated carbocycles. The zero-order chi connectivity index (χ0) is 25.1. The molecular weight excluding hydrogens is 496 g/mol. The number of nitrogens with zero attached hydrogens (tertiary/aromatic N) is 1. The number of anilines is 2. The Kier molecular flexibility index (Phi) is 15.5. The molecule has 0 aliphatic carbocycles. The molecule has 1 amide bonds. The number of aromatic nitrogens is 1. The summed E-state index contributed by atoms with van der Waals surface area (Å²) in [5, 5.41) is 6.51. The molecule has 1 aromatic carbocycles. The second-order valence-corrected chi connectivity index (χ2v) is 8.89. The number of amides is 1. The first-order valence-electron chi connectivity index (χ1n) is 11.5. The highest BCUT2D eigenvalue weighted by atomic mass is 35.5. The van der Waals surface area contributed by atoms with Crippen molar-refractivity contribution in [3.63, 3.8) is 0 Å². The van der Waals surface area contributed by atoms with Gasteiger partial charge in [0.1, 0.15) is 4.34 Å². The Hall–Kier alpha value is -1.83. The van der Waals surface area contributed by atoms with E-state index in [1.807, 2.05) is 19.1 Å². The predicted molar refractivity (Wildman–Crippen MR) is 138 cm³/mol. The topological polar surface area (TPSA) is 126 Å². The van der Waals surface area contributed by atoms with Crippen LogP contribution in [0.2, 0.25) is 4.34 Å². The second-order valence-electron chi connectivity index (χ2n) is 7.23. The number of hydrogen-bond donors (Lipinski definition) is 3. The van der Waals surface area contributed by atoms with Crippen molar-refractivity contribution >= 4 is 39.7 Å². The summed E-state index contributed by atoms with van der Waals surface area (Å²) < 4.78 is 27.6. The van der Waals surface area contributed by atoms with Crippen LogP contribution >= 0.6 is 22.9 Å². The number of nitrogens with one attached hydrogen (secondary N) is 2. The normalized spacial score (nSPS) is 11.1. The number of hydrogen-bond acceptors (Lipinski definition) is 10. The maximum atomic E-state index is 12.4. The fourth-order valence-electron chi connectivity index (χ4n) is 2.84. The van der Waals surface area contributed by atoms with Crippen molar-refractivity contribution < 1.29 is 28.5 Å². The summed E-state index contributed by atoms with van der Waals surface area (Å²) in [5.74, 6) is -0.216. The number of carbonyl (C=O) groups is 1. The van der Waals surface area contributed by atoms with E-state index in [9.17, 15) is 4.79 Å². The molecule has 0 aliphatic rings. The third-order valence-electron chi connectivity index (χ3n) is 4.49. The minimum Gasteiger partial charge on any atom is -0.383 e.